The minimum Gasteiger partial charge on any atom is -0.497 e. The minimum atomic E-state index is 0. The number of aliphatic imine (C=N–C) groups is 1. The molecule has 172 valence electrons. The van der Waals surface area contributed by atoms with Gasteiger partial charge in [-0.25, -0.2) is 9.67 Å². The van der Waals surface area contributed by atoms with Crippen LogP contribution < -0.4 is 24.8 Å². The SMILES string of the molecule is CCNC(=NCc1ccc(OC)cc1OC)NCc1ccn(-c2ccc(OC)cc2)n1.I. The molecule has 1 heterocycles. The molecule has 0 saturated heterocycles. The molecule has 0 aliphatic carbocycles. The van der Waals surface area contributed by atoms with E-state index >= 15 is 0 Å². The molecule has 9 heteroatoms. The van der Waals surface area contributed by atoms with Gasteiger partial charge in [0.2, 0.25) is 0 Å². The summed E-state index contributed by atoms with van der Waals surface area (Å²) in [6.45, 7) is 3.81. The molecule has 0 fully saturated rings. The van der Waals surface area contributed by atoms with Gasteiger partial charge >= 0.3 is 0 Å². The molecule has 0 spiro atoms. The highest BCUT2D eigenvalue weighted by Crippen LogP contribution is 2.25. The number of nitrogens with zero attached hydrogens (tertiary/aromatic N) is 3. The fourth-order valence-electron chi connectivity index (χ4n) is 3.00. The van der Waals surface area contributed by atoms with Crippen molar-refractivity contribution in [2.75, 3.05) is 27.9 Å². The zero-order valence-corrected chi connectivity index (χ0v) is 21.1. The van der Waals surface area contributed by atoms with Gasteiger partial charge in [0, 0.05) is 24.4 Å². The van der Waals surface area contributed by atoms with Gasteiger partial charge in [-0.2, -0.15) is 5.10 Å². The molecule has 3 rings (SSSR count). The average molecular weight is 551 g/mol. The summed E-state index contributed by atoms with van der Waals surface area (Å²) in [5.74, 6) is 3.02. The molecule has 0 bridgehead atoms. The summed E-state index contributed by atoms with van der Waals surface area (Å²) in [4.78, 5) is 4.67. The predicted octanol–water partition coefficient (Wildman–Crippen LogP) is 3.77. The van der Waals surface area contributed by atoms with Gasteiger partial charge in [-0.05, 0) is 49.4 Å². The second-order valence-corrected chi connectivity index (χ2v) is 6.68. The number of guanidine groups is 1. The van der Waals surface area contributed by atoms with Gasteiger partial charge in [0.05, 0.1) is 45.8 Å². The first-order chi connectivity index (χ1) is 15.2. The van der Waals surface area contributed by atoms with Gasteiger partial charge in [0.15, 0.2) is 5.96 Å². The average Bonchev–Trinajstić information content (AvgIpc) is 3.30. The Morgan fingerprint density at radius 3 is 2.31 bits per heavy atom. The van der Waals surface area contributed by atoms with Gasteiger partial charge in [0.25, 0.3) is 0 Å². The molecule has 0 atom stereocenters. The van der Waals surface area contributed by atoms with Crippen LogP contribution in [0, 0.1) is 0 Å². The van der Waals surface area contributed by atoms with Gasteiger partial charge in [-0.1, -0.05) is 0 Å². The lowest BCUT2D eigenvalue weighted by atomic mass is 10.2. The fraction of sp³-hybridized carbons (Fsp3) is 0.304. The largest absolute Gasteiger partial charge is 0.497 e. The summed E-state index contributed by atoms with van der Waals surface area (Å²) >= 11 is 0. The molecular weight excluding hydrogens is 521 g/mol. The van der Waals surface area contributed by atoms with Crippen molar-refractivity contribution in [2.24, 2.45) is 4.99 Å². The van der Waals surface area contributed by atoms with E-state index in [9.17, 15) is 0 Å². The monoisotopic (exact) mass is 551 g/mol. The highest BCUT2D eigenvalue weighted by molar-refractivity contribution is 14.0. The summed E-state index contributed by atoms with van der Waals surface area (Å²) < 4.78 is 17.8. The topological polar surface area (TPSA) is 81.9 Å². The lowest BCUT2D eigenvalue weighted by molar-refractivity contribution is 0.391. The van der Waals surface area contributed by atoms with E-state index in [0.29, 0.717) is 19.0 Å². The van der Waals surface area contributed by atoms with Crippen LogP contribution in [0.4, 0.5) is 0 Å². The Hall–Kier alpha value is -2.95. The third-order valence-electron chi connectivity index (χ3n) is 4.66. The van der Waals surface area contributed by atoms with E-state index in [1.165, 1.54) is 0 Å². The number of nitrogens with one attached hydrogen (secondary N) is 2. The second kappa shape index (κ2) is 12.8. The van der Waals surface area contributed by atoms with E-state index in [0.717, 1.165) is 40.7 Å². The first-order valence-electron chi connectivity index (χ1n) is 10.1. The molecule has 0 aliphatic heterocycles. The zero-order valence-electron chi connectivity index (χ0n) is 18.8. The first-order valence-corrected chi connectivity index (χ1v) is 10.1. The van der Waals surface area contributed by atoms with E-state index in [2.05, 4.69) is 20.7 Å². The van der Waals surface area contributed by atoms with E-state index < -0.39 is 0 Å². The molecule has 8 nitrogen and oxygen atoms in total. The standard InChI is InChI=1S/C23H29N5O3.HI/c1-5-24-23(25-15-17-6-9-21(30-3)14-22(17)31-4)26-16-18-12-13-28(27-18)19-7-10-20(29-2)11-8-19;/h6-14H,5,15-16H2,1-4H3,(H2,24,25,26);1H. The van der Waals surface area contributed by atoms with Crippen LogP contribution in [0.2, 0.25) is 0 Å². The number of benzene rings is 2. The zero-order chi connectivity index (χ0) is 22.1. The number of ether oxygens (including phenoxy) is 3. The Morgan fingerprint density at radius 2 is 1.66 bits per heavy atom. The van der Waals surface area contributed by atoms with Crippen LogP contribution in [0.25, 0.3) is 5.69 Å². The maximum atomic E-state index is 5.46. The van der Waals surface area contributed by atoms with Crippen LogP contribution in [-0.4, -0.2) is 43.6 Å². The van der Waals surface area contributed by atoms with Gasteiger partial charge in [0.1, 0.15) is 17.2 Å². The fourth-order valence-corrected chi connectivity index (χ4v) is 3.00. The summed E-state index contributed by atoms with van der Waals surface area (Å²) in [5.41, 5.74) is 2.85. The molecule has 0 aliphatic rings. The molecule has 3 aromatic rings. The summed E-state index contributed by atoms with van der Waals surface area (Å²) in [7, 11) is 4.93. The van der Waals surface area contributed by atoms with Crippen LogP contribution in [0.1, 0.15) is 18.2 Å². The number of hydrogen-bond acceptors (Lipinski definition) is 5. The third-order valence-corrected chi connectivity index (χ3v) is 4.66. The van der Waals surface area contributed by atoms with Crippen LogP contribution in [-0.2, 0) is 13.1 Å². The Bertz CT molecular complexity index is 1010. The van der Waals surface area contributed by atoms with Crippen molar-refractivity contribution in [1.82, 2.24) is 20.4 Å². The molecule has 0 radical (unpaired) electrons. The van der Waals surface area contributed by atoms with Gasteiger partial charge < -0.3 is 24.8 Å². The molecule has 0 saturated carbocycles. The smallest absolute Gasteiger partial charge is 0.191 e. The van der Waals surface area contributed by atoms with Crippen LogP contribution in [0.5, 0.6) is 17.2 Å². The highest BCUT2D eigenvalue weighted by atomic mass is 127. The van der Waals surface area contributed by atoms with Gasteiger partial charge in [-0.15, -0.1) is 24.0 Å². The van der Waals surface area contributed by atoms with Crippen molar-refractivity contribution in [3.05, 3.63) is 66.0 Å². The lowest BCUT2D eigenvalue weighted by Crippen LogP contribution is -2.36. The van der Waals surface area contributed by atoms with Crippen molar-refractivity contribution in [2.45, 2.75) is 20.0 Å². The predicted molar refractivity (Wildman–Crippen MR) is 137 cm³/mol. The van der Waals surface area contributed by atoms with Crippen LogP contribution in [0.3, 0.4) is 0 Å². The maximum Gasteiger partial charge on any atom is 0.191 e. The van der Waals surface area contributed by atoms with E-state index in [1.807, 2.05) is 66.3 Å². The third kappa shape index (κ3) is 6.78. The summed E-state index contributed by atoms with van der Waals surface area (Å²) in [6, 6.07) is 15.5. The van der Waals surface area contributed by atoms with Crippen molar-refractivity contribution in [3.8, 4) is 22.9 Å². The highest BCUT2D eigenvalue weighted by Gasteiger charge is 2.07. The van der Waals surface area contributed by atoms with Crippen molar-refractivity contribution in [3.63, 3.8) is 0 Å². The van der Waals surface area contributed by atoms with Crippen LogP contribution in [0.15, 0.2) is 59.7 Å². The van der Waals surface area contributed by atoms with E-state index in [-0.39, 0.29) is 24.0 Å². The van der Waals surface area contributed by atoms with E-state index in [1.54, 1.807) is 21.3 Å². The Kier molecular flexibility index (Phi) is 10.1. The first kappa shape index (κ1) is 25.3. The molecule has 1 aromatic heterocycles. The van der Waals surface area contributed by atoms with Crippen LogP contribution >= 0.6 is 24.0 Å². The summed E-state index contributed by atoms with van der Waals surface area (Å²) in [5, 5.41) is 11.2. The normalized spacial score (nSPS) is 10.8. The number of rotatable bonds is 9. The Morgan fingerprint density at radius 1 is 0.938 bits per heavy atom. The molecule has 0 unspecified atom stereocenters. The maximum absolute atomic E-state index is 5.46. The molecule has 32 heavy (non-hydrogen) atoms. The van der Waals surface area contributed by atoms with E-state index in [4.69, 9.17) is 14.2 Å². The molecular formula is C23H30IN5O3. The number of methoxy groups -OCH3 is 3. The minimum absolute atomic E-state index is 0. The number of aromatic nitrogens is 2. The second-order valence-electron chi connectivity index (χ2n) is 6.68. The molecule has 2 N–H and O–H groups in total. The van der Waals surface area contributed by atoms with Crippen molar-refractivity contribution in [1.29, 1.82) is 0 Å². The Labute approximate surface area is 206 Å². The quantitative estimate of drug-likeness (QED) is 0.240. The Balaban J connectivity index is 0.00000363. The van der Waals surface area contributed by atoms with Crippen molar-refractivity contribution >= 4 is 29.9 Å². The number of hydrogen-bond donors (Lipinski definition) is 2. The molecule has 2 aromatic carbocycles. The van der Waals surface area contributed by atoms with Gasteiger partial charge in [-0.3, -0.25) is 0 Å². The lowest BCUT2D eigenvalue weighted by Gasteiger charge is -2.12. The number of halogens is 1. The van der Waals surface area contributed by atoms with Crippen molar-refractivity contribution < 1.29 is 14.2 Å². The molecule has 0 amide bonds. The summed E-state index contributed by atoms with van der Waals surface area (Å²) in [6.07, 6.45) is 1.94.